The third-order valence-corrected chi connectivity index (χ3v) is 4.39. The van der Waals surface area contributed by atoms with E-state index in [1.807, 2.05) is 13.8 Å². The zero-order chi connectivity index (χ0) is 23.1. The highest BCUT2D eigenvalue weighted by molar-refractivity contribution is 5.96. The first-order valence-corrected chi connectivity index (χ1v) is 9.97. The van der Waals surface area contributed by atoms with Gasteiger partial charge in [0, 0.05) is 13.6 Å². The number of ether oxygens (including phenoxy) is 1. The van der Waals surface area contributed by atoms with Gasteiger partial charge in [0.1, 0.15) is 17.4 Å². The number of anilines is 2. The Morgan fingerprint density at radius 1 is 1.10 bits per heavy atom. The quantitative estimate of drug-likeness (QED) is 0.492. The molecule has 0 saturated carbocycles. The van der Waals surface area contributed by atoms with E-state index in [0.717, 1.165) is 4.57 Å². The fourth-order valence-corrected chi connectivity index (χ4v) is 2.87. The van der Waals surface area contributed by atoms with Gasteiger partial charge in [0.25, 0.3) is 5.56 Å². The Hall–Kier alpha value is -3.68. The Balaban J connectivity index is 0.00000166. The molecular weight excluding hydrogens is 401 g/mol. The molecule has 7 nitrogen and oxygen atoms in total. The number of benzene rings is 2. The van der Waals surface area contributed by atoms with Gasteiger partial charge in [0.15, 0.2) is 5.56 Å². The highest BCUT2D eigenvalue weighted by Gasteiger charge is 2.25. The van der Waals surface area contributed by atoms with Crippen LogP contribution in [0.15, 0.2) is 58.1 Å². The van der Waals surface area contributed by atoms with E-state index in [-0.39, 0.29) is 23.8 Å². The number of hydrogen-bond donors (Lipinski definition) is 1. The predicted molar refractivity (Wildman–Crippen MR) is 119 cm³/mol. The lowest BCUT2D eigenvalue weighted by atomic mass is 10.2. The molecule has 0 atom stereocenters. The van der Waals surface area contributed by atoms with E-state index in [1.54, 1.807) is 50.2 Å². The number of aromatic nitrogens is 2. The van der Waals surface area contributed by atoms with Crippen molar-refractivity contribution in [1.29, 1.82) is 0 Å². The zero-order valence-electron chi connectivity index (χ0n) is 18.2. The average molecular weight is 427 g/mol. The maximum absolute atomic E-state index is 14.4. The van der Waals surface area contributed by atoms with E-state index in [0.29, 0.717) is 5.56 Å². The van der Waals surface area contributed by atoms with Crippen LogP contribution in [0.1, 0.15) is 36.7 Å². The van der Waals surface area contributed by atoms with E-state index < -0.39 is 28.6 Å². The summed E-state index contributed by atoms with van der Waals surface area (Å²) < 4.78 is 21.7. The van der Waals surface area contributed by atoms with Crippen LogP contribution in [-0.2, 0) is 13.6 Å². The number of esters is 1. The second-order valence-corrected chi connectivity index (χ2v) is 6.43. The predicted octanol–water partition coefficient (Wildman–Crippen LogP) is 4.00. The molecule has 3 rings (SSSR count). The number of halogens is 1. The number of carbonyl (C=O) groups excluding carboxylic acids is 1. The number of hydrogen-bond acceptors (Lipinski definition) is 5. The fraction of sp³-hybridized carbons (Fsp3) is 0.261. The summed E-state index contributed by atoms with van der Waals surface area (Å²) in [7, 11) is 1.27. The monoisotopic (exact) mass is 427 g/mol. The smallest absolute Gasteiger partial charge is 0.352 e. The Labute approximate surface area is 179 Å². The number of nitrogens with one attached hydrogen (secondary N) is 1. The normalized spacial score (nSPS) is 10.1. The van der Waals surface area contributed by atoms with E-state index >= 15 is 0 Å². The first-order valence-electron chi connectivity index (χ1n) is 9.97. The summed E-state index contributed by atoms with van der Waals surface area (Å²) in [6.07, 6.45) is 0. The zero-order valence-corrected chi connectivity index (χ0v) is 18.2. The summed E-state index contributed by atoms with van der Waals surface area (Å²) >= 11 is 0. The van der Waals surface area contributed by atoms with Crippen molar-refractivity contribution in [2.45, 2.75) is 34.2 Å². The maximum atomic E-state index is 14.4. The van der Waals surface area contributed by atoms with Crippen LogP contribution in [0.3, 0.4) is 0 Å². The number of para-hydroxylation sites is 1. The summed E-state index contributed by atoms with van der Waals surface area (Å²) in [4.78, 5) is 38.1. The first kappa shape index (κ1) is 23.6. The van der Waals surface area contributed by atoms with Crippen molar-refractivity contribution in [2.24, 2.45) is 7.05 Å². The van der Waals surface area contributed by atoms with Crippen LogP contribution in [-0.4, -0.2) is 15.1 Å². The minimum Gasteiger partial charge on any atom is -0.423 e. The van der Waals surface area contributed by atoms with Crippen LogP contribution in [0.5, 0.6) is 5.75 Å². The lowest BCUT2D eigenvalue weighted by Gasteiger charge is -2.18. The average Bonchev–Trinajstić information content (AvgIpc) is 2.76. The molecule has 0 radical (unpaired) electrons. The minimum atomic E-state index is -0.950. The summed E-state index contributed by atoms with van der Waals surface area (Å²) in [5.41, 5.74) is -1.13. The maximum Gasteiger partial charge on any atom is 0.352 e. The van der Waals surface area contributed by atoms with Gasteiger partial charge in [-0.05, 0) is 43.7 Å². The van der Waals surface area contributed by atoms with E-state index in [2.05, 4.69) is 5.32 Å². The Bertz CT molecular complexity index is 1180. The molecule has 1 aromatic heterocycles. The molecule has 0 fully saturated rings. The van der Waals surface area contributed by atoms with Gasteiger partial charge in [-0.15, -0.1) is 0 Å². The SMILES string of the molecule is CC.CCn1c(Nc2ccc(C)cc2F)c(C(=O)Oc2ccccc2)c(=O)n(C)c1=O. The first-order chi connectivity index (χ1) is 14.8. The van der Waals surface area contributed by atoms with Crippen LogP contribution in [0.4, 0.5) is 15.9 Å². The molecular formula is C23H26FN3O4. The Morgan fingerprint density at radius 3 is 2.32 bits per heavy atom. The van der Waals surface area contributed by atoms with Gasteiger partial charge in [0.2, 0.25) is 0 Å². The fourth-order valence-electron chi connectivity index (χ4n) is 2.87. The number of rotatable bonds is 5. The second-order valence-electron chi connectivity index (χ2n) is 6.43. The van der Waals surface area contributed by atoms with Gasteiger partial charge in [-0.3, -0.25) is 13.9 Å². The van der Waals surface area contributed by atoms with Gasteiger partial charge in [-0.2, -0.15) is 0 Å². The van der Waals surface area contributed by atoms with Gasteiger partial charge in [0.05, 0.1) is 5.69 Å². The Kier molecular flexibility index (Phi) is 7.90. The molecule has 8 heteroatoms. The summed E-state index contributed by atoms with van der Waals surface area (Å²) in [5, 5.41) is 2.74. The summed E-state index contributed by atoms with van der Waals surface area (Å²) in [6.45, 7) is 7.55. The van der Waals surface area contributed by atoms with Crippen LogP contribution in [0.2, 0.25) is 0 Å². The molecule has 1 N–H and O–H groups in total. The van der Waals surface area contributed by atoms with E-state index in [4.69, 9.17) is 4.74 Å². The molecule has 164 valence electrons. The molecule has 0 unspecified atom stereocenters. The van der Waals surface area contributed by atoms with Crippen molar-refractivity contribution in [3.63, 3.8) is 0 Å². The van der Waals surface area contributed by atoms with Crippen molar-refractivity contribution < 1.29 is 13.9 Å². The second kappa shape index (κ2) is 10.4. The molecule has 0 amide bonds. The van der Waals surface area contributed by atoms with Gasteiger partial charge < -0.3 is 10.1 Å². The summed E-state index contributed by atoms with van der Waals surface area (Å²) in [5.74, 6) is -1.41. The number of carbonyl (C=O) groups is 1. The molecule has 0 aliphatic rings. The number of nitrogens with zero attached hydrogens (tertiary/aromatic N) is 2. The van der Waals surface area contributed by atoms with Crippen molar-refractivity contribution in [1.82, 2.24) is 9.13 Å². The molecule has 2 aromatic carbocycles. The van der Waals surface area contributed by atoms with Gasteiger partial charge in [-0.1, -0.05) is 38.1 Å². The van der Waals surface area contributed by atoms with Gasteiger partial charge >= 0.3 is 11.7 Å². The van der Waals surface area contributed by atoms with Crippen LogP contribution >= 0.6 is 0 Å². The van der Waals surface area contributed by atoms with Crippen LogP contribution in [0, 0.1) is 12.7 Å². The van der Waals surface area contributed by atoms with Gasteiger partial charge in [-0.25, -0.2) is 14.0 Å². The topological polar surface area (TPSA) is 82.3 Å². The molecule has 0 spiro atoms. The van der Waals surface area contributed by atoms with E-state index in [9.17, 15) is 18.8 Å². The van der Waals surface area contributed by atoms with Crippen molar-refractivity contribution >= 4 is 17.5 Å². The van der Waals surface area contributed by atoms with Crippen LogP contribution in [0.25, 0.3) is 0 Å². The van der Waals surface area contributed by atoms with Crippen LogP contribution < -0.4 is 21.3 Å². The lowest BCUT2D eigenvalue weighted by Crippen LogP contribution is -2.42. The molecule has 1 heterocycles. The lowest BCUT2D eigenvalue weighted by molar-refractivity contribution is 0.0732. The Morgan fingerprint density at radius 2 is 1.74 bits per heavy atom. The molecule has 31 heavy (non-hydrogen) atoms. The van der Waals surface area contributed by atoms with Crippen molar-refractivity contribution in [3.8, 4) is 5.75 Å². The molecule has 0 saturated heterocycles. The summed E-state index contributed by atoms with van der Waals surface area (Å²) in [6, 6.07) is 12.7. The molecule has 0 bridgehead atoms. The molecule has 0 aliphatic carbocycles. The van der Waals surface area contributed by atoms with Crippen molar-refractivity contribution in [2.75, 3.05) is 5.32 Å². The molecule has 3 aromatic rings. The highest BCUT2D eigenvalue weighted by atomic mass is 19.1. The standard InChI is InChI=1S/C21H20FN3O4.C2H6/c1-4-25-18(23-16-11-10-13(2)12-15(16)22)17(19(26)24(3)21(25)28)20(27)29-14-8-6-5-7-9-14;1-2/h5-12,23H,4H2,1-3H3;1-2H3. The van der Waals surface area contributed by atoms with E-state index in [1.165, 1.54) is 23.7 Å². The largest absolute Gasteiger partial charge is 0.423 e. The third-order valence-electron chi connectivity index (χ3n) is 4.39. The number of aryl methyl sites for hydroxylation is 1. The van der Waals surface area contributed by atoms with Crippen molar-refractivity contribution in [3.05, 3.63) is 86.3 Å². The third kappa shape index (κ3) is 5.09. The minimum absolute atomic E-state index is 0.0271. The molecule has 0 aliphatic heterocycles. The highest BCUT2D eigenvalue weighted by Crippen LogP contribution is 2.23.